The Morgan fingerprint density at radius 2 is 1.76 bits per heavy atom. The van der Waals surface area contributed by atoms with Crippen molar-refractivity contribution in [1.29, 1.82) is 0 Å². The first-order chi connectivity index (χ1) is 10.1. The van der Waals surface area contributed by atoms with Gasteiger partial charge in [0.05, 0.1) is 18.4 Å². The molecule has 1 N–H and O–H groups in total. The lowest BCUT2D eigenvalue weighted by molar-refractivity contribution is -0.136. The van der Waals surface area contributed by atoms with Gasteiger partial charge in [-0.25, -0.2) is 0 Å². The number of carbonyl (C=O) groups excluding carboxylic acids is 3. The van der Waals surface area contributed by atoms with Crippen LogP contribution >= 0.6 is 0 Å². The van der Waals surface area contributed by atoms with E-state index in [2.05, 4.69) is 5.32 Å². The van der Waals surface area contributed by atoms with Crippen molar-refractivity contribution in [1.82, 2.24) is 10.2 Å². The minimum atomic E-state index is -0.393. The van der Waals surface area contributed by atoms with Crippen molar-refractivity contribution in [2.75, 3.05) is 19.7 Å². The molecule has 21 heavy (non-hydrogen) atoms. The summed E-state index contributed by atoms with van der Waals surface area (Å²) in [5.74, 6) is -1.51. The molecule has 1 aromatic carbocycles. The Bertz CT molecular complexity index is 550. The van der Waals surface area contributed by atoms with Crippen LogP contribution in [0.15, 0.2) is 30.3 Å². The summed E-state index contributed by atoms with van der Waals surface area (Å²) in [5, 5.41) is 2.30. The second kappa shape index (κ2) is 5.65. The monoisotopic (exact) mass is 288 g/mol. The highest BCUT2D eigenvalue weighted by molar-refractivity contribution is 6.06. The van der Waals surface area contributed by atoms with E-state index in [4.69, 9.17) is 4.74 Å². The molecule has 3 amide bonds. The van der Waals surface area contributed by atoms with Crippen LogP contribution in [-0.4, -0.2) is 42.3 Å². The minimum Gasteiger partial charge on any atom is -0.367 e. The zero-order chi connectivity index (χ0) is 14.8. The van der Waals surface area contributed by atoms with E-state index in [1.54, 1.807) is 0 Å². The van der Waals surface area contributed by atoms with Crippen molar-refractivity contribution < 1.29 is 19.1 Å². The van der Waals surface area contributed by atoms with Gasteiger partial charge in [0.15, 0.2) is 0 Å². The van der Waals surface area contributed by atoms with Crippen LogP contribution in [-0.2, 0) is 25.7 Å². The van der Waals surface area contributed by atoms with E-state index in [1.807, 2.05) is 30.3 Å². The third kappa shape index (κ3) is 2.80. The third-order valence-electron chi connectivity index (χ3n) is 3.93. The van der Waals surface area contributed by atoms with Gasteiger partial charge in [0, 0.05) is 13.1 Å². The maximum atomic E-state index is 12.0. The smallest absolute Gasteiger partial charge is 0.248 e. The number of ether oxygens (including phenoxy) is 1. The van der Waals surface area contributed by atoms with Crippen molar-refractivity contribution in [2.45, 2.75) is 6.61 Å². The largest absolute Gasteiger partial charge is 0.367 e. The first-order valence-electron chi connectivity index (χ1n) is 6.89. The van der Waals surface area contributed by atoms with Gasteiger partial charge < -0.3 is 9.64 Å². The predicted molar refractivity (Wildman–Crippen MR) is 72.8 cm³/mol. The number of nitrogens with zero attached hydrogens (tertiary/aromatic N) is 1. The van der Waals surface area contributed by atoms with E-state index in [0.29, 0.717) is 19.7 Å². The molecule has 0 spiro atoms. The Hall–Kier alpha value is -2.21. The molecule has 2 aliphatic rings. The molecule has 0 saturated carbocycles. The number of amides is 3. The van der Waals surface area contributed by atoms with Gasteiger partial charge in [0.25, 0.3) is 0 Å². The highest BCUT2D eigenvalue weighted by atomic mass is 16.5. The molecule has 0 radical (unpaired) electrons. The average molecular weight is 288 g/mol. The normalized spacial score (nSPS) is 24.1. The Morgan fingerprint density at radius 3 is 2.38 bits per heavy atom. The summed E-state index contributed by atoms with van der Waals surface area (Å²) in [4.78, 5) is 36.6. The van der Waals surface area contributed by atoms with Crippen LogP contribution in [0, 0.1) is 11.8 Å². The number of benzene rings is 1. The van der Waals surface area contributed by atoms with Gasteiger partial charge in [-0.1, -0.05) is 30.3 Å². The van der Waals surface area contributed by atoms with Gasteiger partial charge in [-0.05, 0) is 5.56 Å². The maximum Gasteiger partial charge on any atom is 0.248 e. The Balaban J connectivity index is 1.49. The maximum absolute atomic E-state index is 12.0. The number of rotatable bonds is 4. The average Bonchev–Trinajstić information content (AvgIpc) is 3.03. The summed E-state index contributed by atoms with van der Waals surface area (Å²) < 4.78 is 5.39. The second-order valence-electron chi connectivity index (χ2n) is 5.34. The standard InChI is InChI=1S/C15H16N2O4/c18-13(9-21-8-10-4-2-1-3-5-10)17-6-11-12(7-17)15(20)16-14(11)19/h1-5,11-12H,6-9H2,(H,16,19,20)/t11-,12+. The summed E-state index contributed by atoms with van der Waals surface area (Å²) in [7, 11) is 0. The van der Waals surface area contributed by atoms with E-state index in [1.165, 1.54) is 4.90 Å². The molecular formula is C15H16N2O4. The number of hydrogen-bond donors (Lipinski definition) is 1. The van der Waals surface area contributed by atoms with E-state index in [0.717, 1.165) is 5.56 Å². The lowest BCUT2D eigenvalue weighted by Crippen LogP contribution is -2.36. The van der Waals surface area contributed by atoms with Gasteiger partial charge >= 0.3 is 0 Å². The Labute approximate surface area is 122 Å². The van der Waals surface area contributed by atoms with Crippen LogP contribution < -0.4 is 5.32 Å². The molecule has 0 unspecified atom stereocenters. The molecule has 2 aliphatic heterocycles. The van der Waals surface area contributed by atoms with Gasteiger partial charge in [0.1, 0.15) is 6.61 Å². The highest BCUT2D eigenvalue weighted by Crippen LogP contribution is 2.28. The second-order valence-corrected chi connectivity index (χ2v) is 5.34. The molecule has 3 rings (SSSR count). The fraction of sp³-hybridized carbons (Fsp3) is 0.400. The summed E-state index contributed by atoms with van der Waals surface area (Å²) in [6, 6.07) is 9.58. The summed E-state index contributed by atoms with van der Waals surface area (Å²) in [5.41, 5.74) is 0.998. The van der Waals surface area contributed by atoms with Crippen LogP contribution in [0.1, 0.15) is 5.56 Å². The number of imide groups is 1. The molecule has 2 fully saturated rings. The molecule has 1 aromatic rings. The van der Waals surface area contributed by atoms with Gasteiger partial charge in [0.2, 0.25) is 17.7 Å². The van der Waals surface area contributed by atoms with Gasteiger partial charge in [-0.15, -0.1) is 0 Å². The number of carbonyl (C=O) groups is 3. The van der Waals surface area contributed by atoms with E-state index >= 15 is 0 Å². The van der Waals surface area contributed by atoms with Crippen LogP contribution in [0.2, 0.25) is 0 Å². The number of nitrogens with one attached hydrogen (secondary N) is 1. The van der Waals surface area contributed by atoms with Crippen LogP contribution in [0.3, 0.4) is 0 Å². The minimum absolute atomic E-state index is 0.0376. The Kier molecular flexibility index (Phi) is 3.70. The van der Waals surface area contributed by atoms with Crippen molar-refractivity contribution in [3.63, 3.8) is 0 Å². The van der Waals surface area contributed by atoms with Crippen LogP contribution in [0.4, 0.5) is 0 Å². The number of likely N-dealkylation sites (tertiary alicyclic amines) is 1. The van der Waals surface area contributed by atoms with Crippen LogP contribution in [0.5, 0.6) is 0 Å². The summed E-state index contributed by atoms with van der Waals surface area (Å²) >= 11 is 0. The fourth-order valence-electron chi connectivity index (χ4n) is 2.77. The van der Waals surface area contributed by atoms with Crippen molar-refractivity contribution in [3.8, 4) is 0 Å². The third-order valence-corrected chi connectivity index (χ3v) is 3.93. The number of fused-ring (bicyclic) bond motifs is 1. The van der Waals surface area contributed by atoms with E-state index in [9.17, 15) is 14.4 Å². The summed E-state index contributed by atoms with van der Waals surface area (Å²) in [6.07, 6.45) is 0. The molecule has 2 atom stereocenters. The van der Waals surface area contributed by atoms with Crippen molar-refractivity contribution >= 4 is 17.7 Å². The van der Waals surface area contributed by atoms with Gasteiger partial charge in [-0.2, -0.15) is 0 Å². The van der Waals surface area contributed by atoms with Crippen molar-refractivity contribution in [2.24, 2.45) is 11.8 Å². The lowest BCUT2D eigenvalue weighted by Gasteiger charge is -2.17. The first-order valence-corrected chi connectivity index (χ1v) is 6.89. The quantitative estimate of drug-likeness (QED) is 0.787. The SMILES string of the molecule is O=C1NC(=O)[C@@H]2CN(C(=O)COCc3ccccc3)C[C@H]12. The van der Waals surface area contributed by atoms with E-state index < -0.39 is 11.8 Å². The molecule has 0 aliphatic carbocycles. The van der Waals surface area contributed by atoms with Gasteiger partial charge in [-0.3, -0.25) is 19.7 Å². The molecule has 6 heteroatoms. The van der Waals surface area contributed by atoms with Crippen LogP contribution in [0.25, 0.3) is 0 Å². The summed E-state index contributed by atoms with van der Waals surface area (Å²) in [6.45, 7) is 0.933. The zero-order valence-corrected chi connectivity index (χ0v) is 11.5. The molecule has 2 saturated heterocycles. The van der Waals surface area contributed by atoms with E-state index in [-0.39, 0.29) is 24.3 Å². The fourth-order valence-corrected chi connectivity index (χ4v) is 2.77. The molecule has 0 bridgehead atoms. The predicted octanol–water partition coefficient (Wildman–Crippen LogP) is -0.0658. The topological polar surface area (TPSA) is 75.7 Å². The lowest BCUT2D eigenvalue weighted by atomic mass is 10.00. The Morgan fingerprint density at radius 1 is 1.14 bits per heavy atom. The number of hydrogen-bond acceptors (Lipinski definition) is 4. The highest BCUT2D eigenvalue weighted by Gasteiger charge is 2.48. The molecule has 2 heterocycles. The molecule has 0 aromatic heterocycles. The molecular weight excluding hydrogens is 272 g/mol. The first kappa shape index (κ1) is 13.8. The molecule has 6 nitrogen and oxygen atoms in total. The molecule has 110 valence electrons. The zero-order valence-electron chi connectivity index (χ0n) is 11.5. The van der Waals surface area contributed by atoms with Crippen molar-refractivity contribution in [3.05, 3.63) is 35.9 Å².